The minimum atomic E-state index is -0.547. The Morgan fingerprint density at radius 3 is 2.71 bits per heavy atom. The van der Waals surface area contributed by atoms with Gasteiger partial charge in [0.1, 0.15) is 24.6 Å². The van der Waals surface area contributed by atoms with E-state index in [0.29, 0.717) is 60.3 Å². The second-order valence-electron chi connectivity index (χ2n) is 9.49. The molecule has 188 valence electrons. The van der Waals surface area contributed by atoms with Gasteiger partial charge in [-0.15, -0.1) is 0 Å². The largest absolute Gasteiger partial charge is 0.486 e. The average molecular weight is 502 g/mol. The average Bonchev–Trinajstić information content (AvgIpc) is 3.04. The first-order valence-corrected chi connectivity index (χ1v) is 12.1. The van der Waals surface area contributed by atoms with Crippen LogP contribution < -0.4 is 20.1 Å². The molecule has 0 aliphatic carbocycles. The number of ether oxygens (including phenoxy) is 3. The third-order valence-electron chi connectivity index (χ3n) is 5.53. The van der Waals surface area contributed by atoms with E-state index in [1.165, 1.54) is 0 Å². The summed E-state index contributed by atoms with van der Waals surface area (Å²) in [5, 5.41) is 6.77. The van der Waals surface area contributed by atoms with Crippen molar-refractivity contribution in [1.82, 2.24) is 14.9 Å². The van der Waals surface area contributed by atoms with Gasteiger partial charge in [0.15, 0.2) is 11.5 Å². The Balaban J connectivity index is 1.69. The zero-order valence-corrected chi connectivity index (χ0v) is 21.6. The second-order valence-corrected chi connectivity index (χ2v) is 9.87. The van der Waals surface area contributed by atoms with Crippen LogP contribution in [0, 0.1) is 6.92 Å². The molecular formula is C25H32ClN5O4. The first-order valence-electron chi connectivity index (χ1n) is 11.7. The molecule has 2 aliphatic rings. The molecule has 0 unspecified atom stereocenters. The van der Waals surface area contributed by atoms with Crippen molar-refractivity contribution < 1.29 is 19.0 Å². The summed E-state index contributed by atoms with van der Waals surface area (Å²) in [7, 11) is 1.81. The van der Waals surface area contributed by atoms with E-state index in [1.807, 2.05) is 45.9 Å². The molecule has 2 aromatic rings. The van der Waals surface area contributed by atoms with Crippen LogP contribution in [0.2, 0.25) is 5.02 Å². The van der Waals surface area contributed by atoms with Gasteiger partial charge in [0, 0.05) is 43.5 Å². The van der Waals surface area contributed by atoms with Crippen LogP contribution >= 0.6 is 11.6 Å². The van der Waals surface area contributed by atoms with Gasteiger partial charge in [-0.05, 0) is 46.1 Å². The van der Waals surface area contributed by atoms with Crippen LogP contribution in [0.3, 0.4) is 0 Å². The van der Waals surface area contributed by atoms with Crippen molar-refractivity contribution in [3.63, 3.8) is 0 Å². The molecule has 2 N–H and O–H groups in total. The third-order valence-corrected chi connectivity index (χ3v) is 5.92. The van der Waals surface area contributed by atoms with Gasteiger partial charge in [0.25, 0.3) is 0 Å². The Morgan fingerprint density at radius 2 is 1.97 bits per heavy atom. The molecule has 1 aromatic carbocycles. The topological polar surface area (TPSA) is 97.8 Å². The molecule has 0 saturated heterocycles. The number of halogens is 1. The van der Waals surface area contributed by atoms with E-state index in [1.54, 1.807) is 11.9 Å². The monoisotopic (exact) mass is 501 g/mol. The Labute approximate surface area is 210 Å². The van der Waals surface area contributed by atoms with Crippen LogP contribution in [-0.2, 0) is 4.74 Å². The van der Waals surface area contributed by atoms with E-state index in [9.17, 15) is 4.79 Å². The van der Waals surface area contributed by atoms with Gasteiger partial charge >= 0.3 is 6.09 Å². The van der Waals surface area contributed by atoms with Crippen LogP contribution in [0.5, 0.6) is 11.5 Å². The number of nitrogens with one attached hydrogen (secondary N) is 2. The van der Waals surface area contributed by atoms with Crippen LogP contribution in [0.15, 0.2) is 18.2 Å². The molecule has 0 spiro atoms. The van der Waals surface area contributed by atoms with Crippen LogP contribution in [0.25, 0.3) is 5.57 Å². The van der Waals surface area contributed by atoms with Crippen molar-refractivity contribution in [2.24, 2.45) is 0 Å². The van der Waals surface area contributed by atoms with E-state index in [0.717, 1.165) is 29.7 Å². The van der Waals surface area contributed by atoms with Crippen molar-refractivity contribution in [2.45, 2.75) is 46.1 Å². The molecular weight excluding hydrogens is 470 g/mol. The molecule has 4 rings (SSSR count). The lowest BCUT2D eigenvalue weighted by Gasteiger charge is -2.26. The molecule has 35 heavy (non-hydrogen) atoms. The SMILES string of the molecule is CNc1cc(C)nc(Nc2cc3c(c(C4=CCN(C(=O)OC(C)(C)C)CCC4)c2Cl)OCCO3)n1. The summed E-state index contributed by atoms with van der Waals surface area (Å²) in [6, 6.07) is 3.67. The number of carbonyl (C=O) groups excluding carboxylic acids is 1. The summed E-state index contributed by atoms with van der Waals surface area (Å²) < 4.78 is 17.5. The summed E-state index contributed by atoms with van der Waals surface area (Å²) in [5.41, 5.74) is 2.64. The summed E-state index contributed by atoms with van der Waals surface area (Å²) >= 11 is 6.97. The summed E-state index contributed by atoms with van der Waals surface area (Å²) in [5.74, 6) is 2.34. The standard InChI is InChI=1S/C25H32ClN5O4/c1-15-13-19(27-5)30-23(28-15)29-17-14-18-22(34-12-11-33-18)20(21(17)26)16-7-6-9-31(10-8-16)24(32)35-25(2,3)4/h8,13-14H,6-7,9-12H2,1-5H3,(H2,27,28,29,30). The smallest absolute Gasteiger partial charge is 0.410 e. The predicted molar refractivity (Wildman–Crippen MR) is 137 cm³/mol. The maximum Gasteiger partial charge on any atom is 0.410 e. The molecule has 2 aliphatic heterocycles. The fraction of sp³-hybridized carbons (Fsp3) is 0.480. The van der Waals surface area contributed by atoms with Crippen molar-refractivity contribution in [2.75, 3.05) is 44.0 Å². The number of benzene rings is 1. The number of hydrogen-bond acceptors (Lipinski definition) is 8. The van der Waals surface area contributed by atoms with Gasteiger partial charge in [-0.2, -0.15) is 4.98 Å². The van der Waals surface area contributed by atoms with Gasteiger partial charge in [0.2, 0.25) is 5.95 Å². The molecule has 9 nitrogen and oxygen atoms in total. The third kappa shape index (κ3) is 5.90. The predicted octanol–water partition coefficient (Wildman–Crippen LogP) is 5.41. The Kier molecular flexibility index (Phi) is 7.25. The molecule has 1 amide bonds. The lowest BCUT2D eigenvalue weighted by molar-refractivity contribution is 0.0273. The Hall–Kier alpha value is -3.20. The van der Waals surface area contributed by atoms with Crippen LogP contribution in [0.1, 0.15) is 44.9 Å². The number of amides is 1. The second kappa shape index (κ2) is 10.2. The molecule has 10 heteroatoms. The number of aryl methyl sites for hydroxylation is 1. The summed E-state index contributed by atoms with van der Waals surface area (Å²) in [4.78, 5) is 23.3. The van der Waals surface area contributed by atoms with Gasteiger partial charge in [-0.25, -0.2) is 9.78 Å². The molecule has 1 aromatic heterocycles. The van der Waals surface area contributed by atoms with Crippen molar-refractivity contribution in [1.29, 1.82) is 0 Å². The Morgan fingerprint density at radius 1 is 1.20 bits per heavy atom. The Bertz CT molecular complexity index is 1150. The maximum atomic E-state index is 12.6. The summed E-state index contributed by atoms with van der Waals surface area (Å²) in [6.07, 6.45) is 3.18. The number of carbonyl (C=O) groups is 1. The van der Waals surface area contributed by atoms with Crippen LogP contribution in [0.4, 0.5) is 22.2 Å². The fourth-order valence-corrected chi connectivity index (χ4v) is 4.32. The minimum absolute atomic E-state index is 0.324. The van der Waals surface area contributed by atoms with E-state index in [4.69, 9.17) is 25.8 Å². The quantitative estimate of drug-likeness (QED) is 0.574. The number of nitrogens with zero attached hydrogens (tertiary/aromatic N) is 3. The van der Waals surface area contributed by atoms with Gasteiger partial charge in [0.05, 0.1) is 10.7 Å². The van der Waals surface area contributed by atoms with Crippen LogP contribution in [-0.4, -0.2) is 59.9 Å². The molecule has 0 saturated carbocycles. The number of anilines is 3. The van der Waals surface area contributed by atoms with Gasteiger partial charge in [-0.1, -0.05) is 17.7 Å². The molecule has 3 heterocycles. The first kappa shape index (κ1) is 24.9. The minimum Gasteiger partial charge on any atom is -0.486 e. The van der Waals surface area contributed by atoms with E-state index in [2.05, 4.69) is 20.6 Å². The van der Waals surface area contributed by atoms with Crippen molar-refractivity contribution >= 4 is 40.7 Å². The fourth-order valence-electron chi connectivity index (χ4n) is 4.01. The molecule has 0 fully saturated rings. The number of rotatable bonds is 4. The molecule has 0 bridgehead atoms. The summed E-state index contributed by atoms with van der Waals surface area (Å²) in [6.45, 7) is 9.39. The number of allylic oxidation sites excluding steroid dienone is 1. The van der Waals surface area contributed by atoms with Crippen molar-refractivity contribution in [3.05, 3.63) is 34.5 Å². The maximum absolute atomic E-state index is 12.6. The van der Waals surface area contributed by atoms with E-state index in [-0.39, 0.29) is 6.09 Å². The lowest BCUT2D eigenvalue weighted by Crippen LogP contribution is -2.37. The lowest BCUT2D eigenvalue weighted by atomic mass is 9.98. The van der Waals surface area contributed by atoms with Gasteiger partial charge < -0.3 is 29.7 Å². The zero-order valence-electron chi connectivity index (χ0n) is 20.8. The molecule has 0 radical (unpaired) electrons. The van der Waals surface area contributed by atoms with E-state index >= 15 is 0 Å². The highest BCUT2D eigenvalue weighted by molar-refractivity contribution is 6.35. The van der Waals surface area contributed by atoms with Crippen molar-refractivity contribution in [3.8, 4) is 11.5 Å². The van der Waals surface area contributed by atoms with E-state index < -0.39 is 5.60 Å². The molecule has 0 atom stereocenters. The van der Waals surface area contributed by atoms with Gasteiger partial charge in [-0.3, -0.25) is 0 Å². The number of aromatic nitrogens is 2. The highest BCUT2D eigenvalue weighted by atomic mass is 35.5. The first-order chi connectivity index (χ1) is 16.6. The zero-order chi connectivity index (χ0) is 25.2. The number of hydrogen-bond donors (Lipinski definition) is 2. The number of fused-ring (bicyclic) bond motifs is 1. The normalized spacial score (nSPS) is 15.7. The highest BCUT2D eigenvalue weighted by Gasteiger charge is 2.28. The highest BCUT2D eigenvalue weighted by Crippen LogP contribution is 2.47.